The minimum atomic E-state index is -1.22. The number of aromatic nitrogens is 3. The highest BCUT2D eigenvalue weighted by Crippen LogP contribution is 2.11. The van der Waals surface area contributed by atoms with E-state index in [9.17, 15) is 9.90 Å². The summed E-state index contributed by atoms with van der Waals surface area (Å²) in [4.78, 5) is 18.6. The van der Waals surface area contributed by atoms with Gasteiger partial charge in [-0.05, 0) is 6.92 Å². The van der Waals surface area contributed by atoms with E-state index in [2.05, 4.69) is 9.97 Å². The van der Waals surface area contributed by atoms with Crippen molar-refractivity contribution in [2.75, 3.05) is 19.5 Å². The summed E-state index contributed by atoms with van der Waals surface area (Å²) in [5, 5.41) is 18.2. The number of aliphatic hydroxyl groups excluding tert-OH is 2. The molecular weight excluding hydrogens is 244 g/mol. The zero-order chi connectivity index (χ0) is 13.7. The topological polar surface area (TPSA) is 133 Å². The smallest absolute Gasteiger partial charge is 0.354 e. The average Bonchev–Trinajstić information content (AvgIpc) is 2.34. The van der Waals surface area contributed by atoms with Gasteiger partial charge in [0.25, 0.3) is 0 Å². The molecule has 0 spiro atoms. The molecule has 0 amide bonds. The molecule has 18 heavy (non-hydrogen) atoms. The molecule has 3 atom stereocenters. The van der Waals surface area contributed by atoms with Crippen molar-refractivity contribution in [1.29, 1.82) is 0 Å². The van der Waals surface area contributed by atoms with E-state index in [0.29, 0.717) is 0 Å². The molecule has 0 aliphatic heterocycles. The zero-order valence-corrected chi connectivity index (χ0v) is 10.1. The number of nitrogen functional groups attached to an aromatic ring is 1. The molecular formula is C9H16N4O5. The predicted molar refractivity (Wildman–Crippen MR) is 60.4 cm³/mol. The van der Waals surface area contributed by atoms with Crippen LogP contribution in [-0.4, -0.2) is 50.9 Å². The third-order valence-electron chi connectivity index (χ3n) is 2.20. The highest BCUT2D eigenvalue weighted by molar-refractivity contribution is 5.09. The number of methoxy groups -OCH3 is 1. The summed E-state index contributed by atoms with van der Waals surface area (Å²) in [6.45, 7) is 1.01. The number of rotatable bonds is 6. The molecule has 0 fully saturated rings. The van der Waals surface area contributed by atoms with Crippen LogP contribution in [0.2, 0.25) is 0 Å². The lowest BCUT2D eigenvalue weighted by molar-refractivity contribution is -0.223. The predicted octanol–water partition coefficient (Wildman–Crippen LogP) is -1.92. The largest absolute Gasteiger partial charge is 0.393 e. The summed E-state index contributed by atoms with van der Waals surface area (Å²) in [5.41, 5.74) is 4.61. The van der Waals surface area contributed by atoms with Gasteiger partial charge in [-0.3, -0.25) is 4.57 Å². The molecule has 1 heterocycles. The number of nitrogens with zero attached hydrogens (tertiary/aromatic N) is 3. The lowest BCUT2D eigenvalue weighted by Crippen LogP contribution is -2.37. The molecule has 4 N–H and O–H groups in total. The van der Waals surface area contributed by atoms with Crippen LogP contribution in [0.15, 0.2) is 11.1 Å². The second kappa shape index (κ2) is 6.40. The van der Waals surface area contributed by atoms with Gasteiger partial charge in [-0.1, -0.05) is 0 Å². The van der Waals surface area contributed by atoms with Gasteiger partial charge in [0.2, 0.25) is 5.95 Å². The Labute approximate surface area is 103 Å². The summed E-state index contributed by atoms with van der Waals surface area (Å²) in [7, 11) is 1.30. The van der Waals surface area contributed by atoms with Gasteiger partial charge < -0.3 is 25.4 Å². The minimum Gasteiger partial charge on any atom is -0.393 e. The van der Waals surface area contributed by atoms with Crippen LogP contribution in [0.5, 0.6) is 0 Å². The second-order valence-corrected chi connectivity index (χ2v) is 3.49. The number of aliphatic hydroxyl groups is 2. The van der Waals surface area contributed by atoms with Gasteiger partial charge in [0.1, 0.15) is 18.7 Å². The third-order valence-corrected chi connectivity index (χ3v) is 2.20. The standard InChI is InChI=1S/C9H16N4O5/c1-5(18-7(17-2)6(15)3-14)13-4-11-8(10)12-9(13)16/h4-7,14-15H,3H2,1-2H3,(H2,10,12,16). The van der Waals surface area contributed by atoms with Gasteiger partial charge in [-0.15, -0.1) is 0 Å². The third kappa shape index (κ3) is 3.47. The van der Waals surface area contributed by atoms with Gasteiger partial charge in [0.05, 0.1) is 6.61 Å². The van der Waals surface area contributed by atoms with Crippen molar-refractivity contribution in [2.45, 2.75) is 25.5 Å². The first kappa shape index (κ1) is 14.5. The molecule has 0 radical (unpaired) electrons. The number of anilines is 1. The fourth-order valence-corrected chi connectivity index (χ4v) is 1.25. The number of nitrogens with two attached hydrogens (primary N) is 1. The monoisotopic (exact) mass is 260 g/mol. The molecule has 1 rings (SSSR count). The molecule has 0 saturated heterocycles. The van der Waals surface area contributed by atoms with E-state index in [1.165, 1.54) is 20.4 Å². The van der Waals surface area contributed by atoms with E-state index < -0.39 is 30.9 Å². The molecule has 0 bridgehead atoms. The minimum absolute atomic E-state index is 0.137. The van der Waals surface area contributed by atoms with E-state index in [0.717, 1.165) is 4.57 Å². The lowest BCUT2D eigenvalue weighted by Gasteiger charge is -2.24. The zero-order valence-electron chi connectivity index (χ0n) is 10.1. The summed E-state index contributed by atoms with van der Waals surface area (Å²) >= 11 is 0. The highest BCUT2D eigenvalue weighted by Gasteiger charge is 2.22. The van der Waals surface area contributed by atoms with Crippen molar-refractivity contribution >= 4 is 5.95 Å². The highest BCUT2D eigenvalue weighted by atomic mass is 16.7. The van der Waals surface area contributed by atoms with Crippen LogP contribution in [0, 0.1) is 0 Å². The molecule has 1 aromatic rings. The molecule has 9 nitrogen and oxygen atoms in total. The van der Waals surface area contributed by atoms with Crippen LogP contribution < -0.4 is 11.4 Å². The molecule has 0 aliphatic rings. The first-order valence-electron chi connectivity index (χ1n) is 5.17. The summed E-state index contributed by atoms with van der Waals surface area (Å²) in [5.74, 6) is -0.137. The second-order valence-electron chi connectivity index (χ2n) is 3.49. The maximum absolute atomic E-state index is 11.5. The van der Waals surface area contributed by atoms with Crippen LogP contribution in [0.25, 0.3) is 0 Å². The Morgan fingerprint density at radius 1 is 1.61 bits per heavy atom. The van der Waals surface area contributed by atoms with Gasteiger partial charge >= 0.3 is 5.69 Å². The van der Waals surface area contributed by atoms with Gasteiger partial charge in [0, 0.05) is 7.11 Å². The molecule has 9 heteroatoms. The van der Waals surface area contributed by atoms with Crippen molar-refractivity contribution < 1.29 is 19.7 Å². The summed E-state index contributed by atoms with van der Waals surface area (Å²) in [6.07, 6.45) is -1.91. The Kier molecular flexibility index (Phi) is 5.16. The summed E-state index contributed by atoms with van der Waals surface area (Å²) < 4.78 is 11.2. The Bertz CT molecular complexity index is 437. The van der Waals surface area contributed by atoms with Crippen molar-refractivity contribution in [2.24, 2.45) is 0 Å². The number of hydrogen-bond donors (Lipinski definition) is 3. The van der Waals surface area contributed by atoms with Crippen molar-refractivity contribution in [3.8, 4) is 0 Å². The molecule has 1 aromatic heterocycles. The van der Waals surface area contributed by atoms with Gasteiger partial charge in [-0.25, -0.2) is 9.78 Å². The van der Waals surface area contributed by atoms with Crippen molar-refractivity contribution in [3.05, 3.63) is 16.8 Å². The van der Waals surface area contributed by atoms with Crippen LogP contribution in [0.3, 0.4) is 0 Å². The number of ether oxygens (including phenoxy) is 2. The number of hydrogen-bond acceptors (Lipinski definition) is 8. The summed E-state index contributed by atoms with van der Waals surface area (Å²) in [6, 6.07) is 0. The van der Waals surface area contributed by atoms with Crippen LogP contribution in [-0.2, 0) is 9.47 Å². The maximum Gasteiger partial charge on any atom is 0.354 e. The molecule has 3 unspecified atom stereocenters. The quantitative estimate of drug-likeness (QED) is 0.504. The van der Waals surface area contributed by atoms with Crippen molar-refractivity contribution in [1.82, 2.24) is 14.5 Å². The maximum atomic E-state index is 11.5. The van der Waals surface area contributed by atoms with Gasteiger partial charge in [0.15, 0.2) is 6.29 Å². The first-order valence-corrected chi connectivity index (χ1v) is 5.17. The van der Waals surface area contributed by atoms with E-state index in [1.54, 1.807) is 0 Å². The Hall–Kier alpha value is -1.55. The van der Waals surface area contributed by atoms with Crippen LogP contribution in [0.1, 0.15) is 13.2 Å². The van der Waals surface area contributed by atoms with E-state index in [4.69, 9.17) is 20.3 Å². The Balaban J connectivity index is 2.81. The van der Waals surface area contributed by atoms with Crippen molar-refractivity contribution in [3.63, 3.8) is 0 Å². The molecule has 102 valence electrons. The first-order chi connectivity index (χ1) is 8.49. The molecule has 0 saturated carbocycles. The average molecular weight is 260 g/mol. The fraction of sp³-hybridized carbons (Fsp3) is 0.667. The van der Waals surface area contributed by atoms with E-state index in [1.807, 2.05) is 0 Å². The fourth-order valence-electron chi connectivity index (χ4n) is 1.25. The normalized spacial score (nSPS) is 16.2. The Morgan fingerprint density at radius 2 is 2.28 bits per heavy atom. The van der Waals surface area contributed by atoms with Gasteiger partial charge in [-0.2, -0.15) is 4.98 Å². The Morgan fingerprint density at radius 3 is 2.78 bits per heavy atom. The molecule has 0 aliphatic carbocycles. The van der Waals surface area contributed by atoms with E-state index >= 15 is 0 Å². The van der Waals surface area contributed by atoms with Crippen LogP contribution in [0.4, 0.5) is 5.95 Å². The lowest BCUT2D eigenvalue weighted by atomic mass is 10.3. The molecule has 0 aromatic carbocycles. The van der Waals surface area contributed by atoms with E-state index in [-0.39, 0.29) is 5.95 Å². The van der Waals surface area contributed by atoms with Crippen LogP contribution >= 0.6 is 0 Å². The SMILES string of the molecule is COC(OC(C)n1cnc(N)nc1=O)C(O)CO.